The number of nitrogens with zero attached hydrogens (tertiary/aromatic N) is 2. The molecule has 0 aliphatic heterocycles. The van der Waals surface area contributed by atoms with Crippen LogP contribution in [0.2, 0.25) is 0 Å². The van der Waals surface area contributed by atoms with Gasteiger partial charge in [-0.25, -0.2) is 4.98 Å². The molecule has 20 heavy (non-hydrogen) atoms. The fraction of sp³-hybridized carbons (Fsp3) is 0.375. The van der Waals surface area contributed by atoms with Crippen LogP contribution in [0.5, 0.6) is 0 Å². The molecule has 4 nitrogen and oxygen atoms in total. The largest absolute Gasteiger partial charge is 0.370 e. The molecule has 0 aliphatic carbocycles. The number of nitrogens with one attached hydrogen (secondary N) is 1. The van der Waals surface area contributed by atoms with E-state index in [0.29, 0.717) is 5.56 Å². The summed E-state index contributed by atoms with van der Waals surface area (Å²) in [6.45, 7) is 5.62. The predicted molar refractivity (Wildman–Crippen MR) is 83.2 cm³/mol. The Kier molecular flexibility index (Phi) is 4.56. The van der Waals surface area contributed by atoms with Gasteiger partial charge in [0.1, 0.15) is 5.82 Å². The zero-order valence-corrected chi connectivity index (χ0v) is 12.3. The number of carbonyl (C=O) groups excluding carboxylic acids is 1. The lowest BCUT2D eigenvalue weighted by molar-refractivity contribution is 0.0797. The van der Waals surface area contributed by atoms with Crippen molar-refractivity contribution >= 4 is 22.6 Å². The Morgan fingerprint density at radius 3 is 2.75 bits per heavy atom. The summed E-state index contributed by atoms with van der Waals surface area (Å²) in [6.07, 6.45) is 0.950. The molecule has 0 unspecified atom stereocenters. The van der Waals surface area contributed by atoms with Crippen molar-refractivity contribution in [3.63, 3.8) is 0 Å². The van der Waals surface area contributed by atoms with Crippen LogP contribution in [0.4, 0.5) is 5.82 Å². The molecule has 0 saturated heterocycles. The highest BCUT2D eigenvalue weighted by Crippen LogP contribution is 2.22. The second kappa shape index (κ2) is 6.37. The van der Waals surface area contributed by atoms with E-state index in [1.165, 1.54) is 0 Å². The molecule has 0 fully saturated rings. The van der Waals surface area contributed by atoms with Crippen LogP contribution in [-0.2, 0) is 0 Å². The quantitative estimate of drug-likeness (QED) is 0.908. The Labute approximate surface area is 119 Å². The summed E-state index contributed by atoms with van der Waals surface area (Å²) >= 11 is 0. The van der Waals surface area contributed by atoms with Gasteiger partial charge in [0.15, 0.2) is 0 Å². The van der Waals surface area contributed by atoms with Gasteiger partial charge in [0, 0.05) is 25.5 Å². The summed E-state index contributed by atoms with van der Waals surface area (Å²) in [4.78, 5) is 18.9. The molecule has 1 aromatic carbocycles. The number of benzene rings is 1. The molecule has 0 radical (unpaired) electrons. The van der Waals surface area contributed by atoms with Crippen molar-refractivity contribution < 1.29 is 4.79 Å². The topological polar surface area (TPSA) is 45.2 Å². The number of anilines is 1. The van der Waals surface area contributed by atoms with Crippen LogP contribution in [0.25, 0.3) is 10.9 Å². The Morgan fingerprint density at radius 1 is 1.30 bits per heavy atom. The van der Waals surface area contributed by atoms with E-state index in [1.807, 2.05) is 44.3 Å². The van der Waals surface area contributed by atoms with Gasteiger partial charge in [-0.1, -0.05) is 25.1 Å². The molecule has 2 rings (SSSR count). The highest BCUT2D eigenvalue weighted by atomic mass is 16.2. The molecule has 0 saturated carbocycles. The van der Waals surface area contributed by atoms with Crippen LogP contribution >= 0.6 is 0 Å². The summed E-state index contributed by atoms with van der Waals surface area (Å²) < 4.78 is 0. The standard InChI is InChI=1S/C16H21N3O/c1-4-10-19(3)16(20)13-11-15(17-5-2)18-14-9-7-6-8-12(13)14/h6-9,11H,4-5,10H2,1-3H3,(H,17,18). The highest BCUT2D eigenvalue weighted by Gasteiger charge is 2.16. The van der Waals surface area contributed by atoms with Crippen molar-refractivity contribution in [3.8, 4) is 0 Å². The predicted octanol–water partition coefficient (Wildman–Crippen LogP) is 3.15. The number of rotatable bonds is 5. The number of pyridine rings is 1. The number of hydrogen-bond acceptors (Lipinski definition) is 3. The van der Waals surface area contributed by atoms with Gasteiger partial charge < -0.3 is 10.2 Å². The normalized spacial score (nSPS) is 10.6. The van der Waals surface area contributed by atoms with Crippen molar-refractivity contribution in [2.75, 3.05) is 25.5 Å². The van der Waals surface area contributed by atoms with Gasteiger partial charge in [-0.05, 0) is 25.5 Å². The lowest BCUT2D eigenvalue weighted by Crippen LogP contribution is -2.27. The Morgan fingerprint density at radius 2 is 2.05 bits per heavy atom. The van der Waals surface area contributed by atoms with Crippen molar-refractivity contribution in [1.82, 2.24) is 9.88 Å². The first-order chi connectivity index (χ1) is 9.67. The average molecular weight is 271 g/mol. The molecule has 0 aliphatic rings. The summed E-state index contributed by atoms with van der Waals surface area (Å²) in [6, 6.07) is 9.61. The van der Waals surface area contributed by atoms with Crippen molar-refractivity contribution in [2.24, 2.45) is 0 Å². The lowest BCUT2D eigenvalue weighted by Gasteiger charge is -2.18. The third-order valence-corrected chi connectivity index (χ3v) is 3.21. The zero-order chi connectivity index (χ0) is 14.5. The number of hydrogen-bond donors (Lipinski definition) is 1. The third-order valence-electron chi connectivity index (χ3n) is 3.21. The fourth-order valence-electron chi connectivity index (χ4n) is 2.27. The number of carbonyl (C=O) groups is 1. The van der Waals surface area contributed by atoms with E-state index < -0.39 is 0 Å². The van der Waals surface area contributed by atoms with Gasteiger partial charge in [0.2, 0.25) is 0 Å². The molecule has 4 heteroatoms. The Balaban J connectivity index is 2.51. The fourth-order valence-corrected chi connectivity index (χ4v) is 2.27. The second-order valence-corrected chi connectivity index (χ2v) is 4.83. The van der Waals surface area contributed by atoms with E-state index in [2.05, 4.69) is 17.2 Å². The molecule has 0 spiro atoms. The van der Waals surface area contributed by atoms with E-state index in [-0.39, 0.29) is 5.91 Å². The van der Waals surface area contributed by atoms with E-state index in [1.54, 1.807) is 4.90 Å². The maximum Gasteiger partial charge on any atom is 0.254 e. The molecule has 1 heterocycles. The number of aromatic nitrogens is 1. The number of para-hydroxylation sites is 1. The molecule has 0 bridgehead atoms. The van der Waals surface area contributed by atoms with Crippen LogP contribution in [-0.4, -0.2) is 35.9 Å². The van der Waals surface area contributed by atoms with Gasteiger partial charge in [-0.15, -0.1) is 0 Å². The van der Waals surface area contributed by atoms with Crippen LogP contribution < -0.4 is 5.32 Å². The van der Waals surface area contributed by atoms with E-state index >= 15 is 0 Å². The Hall–Kier alpha value is -2.10. The minimum absolute atomic E-state index is 0.0459. The smallest absolute Gasteiger partial charge is 0.254 e. The zero-order valence-electron chi connectivity index (χ0n) is 12.3. The summed E-state index contributed by atoms with van der Waals surface area (Å²) in [7, 11) is 1.84. The molecule has 1 N–H and O–H groups in total. The molecule has 106 valence electrons. The van der Waals surface area contributed by atoms with Crippen molar-refractivity contribution in [2.45, 2.75) is 20.3 Å². The first kappa shape index (κ1) is 14.3. The van der Waals surface area contributed by atoms with Gasteiger partial charge in [-0.2, -0.15) is 0 Å². The Bertz CT molecular complexity index is 610. The second-order valence-electron chi connectivity index (χ2n) is 4.83. The van der Waals surface area contributed by atoms with Crippen molar-refractivity contribution in [3.05, 3.63) is 35.9 Å². The molecule has 1 aromatic heterocycles. The number of fused-ring (bicyclic) bond motifs is 1. The minimum Gasteiger partial charge on any atom is -0.370 e. The van der Waals surface area contributed by atoms with Gasteiger partial charge in [0.05, 0.1) is 11.1 Å². The summed E-state index contributed by atoms with van der Waals surface area (Å²) in [5, 5.41) is 4.09. The molecule has 2 aromatic rings. The molecular weight excluding hydrogens is 250 g/mol. The maximum absolute atomic E-state index is 12.6. The molecule has 1 amide bonds. The monoisotopic (exact) mass is 271 g/mol. The average Bonchev–Trinajstić information content (AvgIpc) is 2.46. The van der Waals surface area contributed by atoms with Crippen LogP contribution in [0.15, 0.2) is 30.3 Å². The first-order valence-electron chi connectivity index (χ1n) is 7.06. The van der Waals surface area contributed by atoms with E-state index in [4.69, 9.17) is 0 Å². The summed E-state index contributed by atoms with van der Waals surface area (Å²) in [5.41, 5.74) is 1.56. The van der Waals surface area contributed by atoms with Crippen LogP contribution in [0.3, 0.4) is 0 Å². The van der Waals surface area contributed by atoms with Crippen LogP contribution in [0, 0.1) is 0 Å². The first-order valence-corrected chi connectivity index (χ1v) is 7.06. The lowest BCUT2D eigenvalue weighted by atomic mass is 10.1. The van der Waals surface area contributed by atoms with E-state index in [0.717, 1.165) is 36.2 Å². The van der Waals surface area contributed by atoms with Crippen LogP contribution in [0.1, 0.15) is 30.6 Å². The van der Waals surface area contributed by atoms with Gasteiger partial charge in [0.25, 0.3) is 5.91 Å². The number of amides is 1. The maximum atomic E-state index is 12.6. The minimum atomic E-state index is 0.0459. The van der Waals surface area contributed by atoms with E-state index in [9.17, 15) is 4.79 Å². The van der Waals surface area contributed by atoms with Crippen molar-refractivity contribution in [1.29, 1.82) is 0 Å². The summed E-state index contributed by atoms with van der Waals surface area (Å²) in [5.74, 6) is 0.795. The van der Waals surface area contributed by atoms with Gasteiger partial charge >= 0.3 is 0 Å². The molecule has 0 atom stereocenters. The molecular formula is C16H21N3O. The highest BCUT2D eigenvalue weighted by molar-refractivity contribution is 6.06. The third kappa shape index (κ3) is 2.90. The van der Waals surface area contributed by atoms with Gasteiger partial charge in [-0.3, -0.25) is 4.79 Å². The SMILES string of the molecule is CCCN(C)C(=O)c1cc(NCC)nc2ccccc12.